The minimum Gasteiger partial charge on any atom is -0.480 e. The highest BCUT2D eigenvalue weighted by Gasteiger charge is 2.22. The number of aliphatic hydroxyl groups is 1. The van der Waals surface area contributed by atoms with Gasteiger partial charge in [0, 0.05) is 0 Å². The van der Waals surface area contributed by atoms with Crippen LogP contribution in [0.15, 0.2) is 0 Å². The highest BCUT2D eigenvalue weighted by atomic mass is 16.4. The van der Waals surface area contributed by atoms with Gasteiger partial charge >= 0.3 is 5.97 Å². The smallest absolute Gasteiger partial charge is 0.325 e. The molecule has 0 bridgehead atoms. The maximum Gasteiger partial charge on any atom is 0.325 e. The predicted molar refractivity (Wildman–Crippen MR) is 53.3 cm³/mol. The van der Waals surface area contributed by atoms with E-state index in [2.05, 4.69) is 10.6 Å². The SMILES string of the molecule is C[C@@H](NC(=O)[C@@H](CO)NC(=O)CN)C(=O)O. The fourth-order valence-corrected chi connectivity index (χ4v) is 0.823. The summed E-state index contributed by atoms with van der Waals surface area (Å²) in [7, 11) is 0. The molecule has 0 aromatic carbocycles. The van der Waals surface area contributed by atoms with E-state index in [0.29, 0.717) is 0 Å². The summed E-state index contributed by atoms with van der Waals surface area (Å²) in [6, 6.07) is -2.30. The molecule has 0 unspecified atom stereocenters. The molecule has 0 spiro atoms. The van der Waals surface area contributed by atoms with Crippen LogP contribution in [0, 0.1) is 0 Å². The minimum absolute atomic E-state index is 0.321. The van der Waals surface area contributed by atoms with Crippen LogP contribution < -0.4 is 16.4 Å². The summed E-state index contributed by atoms with van der Waals surface area (Å²) in [6.07, 6.45) is 0. The predicted octanol–water partition coefficient (Wildman–Crippen LogP) is -2.99. The van der Waals surface area contributed by atoms with Gasteiger partial charge in [-0.25, -0.2) is 0 Å². The number of aliphatic carboxylic acids is 1. The Balaban J connectivity index is 4.31. The molecule has 2 amide bonds. The molecule has 8 heteroatoms. The zero-order valence-corrected chi connectivity index (χ0v) is 8.77. The summed E-state index contributed by atoms with van der Waals surface area (Å²) in [5, 5.41) is 21.6. The molecule has 0 radical (unpaired) electrons. The fraction of sp³-hybridized carbons (Fsp3) is 0.625. The van der Waals surface area contributed by atoms with Gasteiger partial charge in [-0.15, -0.1) is 0 Å². The second-order valence-electron chi connectivity index (χ2n) is 3.08. The first-order valence-corrected chi connectivity index (χ1v) is 4.55. The Kier molecular flexibility index (Phi) is 6.04. The highest BCUT2D eigenvalue weighted by molar-refractivity contribution is 5.90. The number of amides is 2. The lowest BCUT2D eigenvalue weighted by molar-refractivity contribution is -0.141. The van der Waals surface area contributed by atoms with Crippen LogP contribution in [0.25, 0.3) is 0 Å². The zero-order valence-electron chi connectivity index (χ0n) is 8.77. The Labute approximate surface area is 91.8 Å². The molecule has 0 aromatic rings. The van der Waals surface area contributed by atoms with E-state index in [0.717, 1.165) is 0 Å². The van der Waals surface area contributed by atoms with Gasteiger partial charge < -0.3 is 26.6 Å². The van der Waals surface area contributed by atoms with Crippen LogP contribution in [0.1, 0.15) is 6.92 Å². The first kappa shape index (κ1) is 14.3. The van der Waals surface area contributed by atoms with Crippen molar-refractivity contribution in [2.24, 2.45) is 5.73 Å². The van der Waals surface area contributed by atoms with Crippen LogP contribution >= 0.6 is 0 Å². The summed E-state index contributed by atoms with van der Waals surface area (Å²) in [4.78, 5) is 32.7. The van der Waals surface area contributed by atoms with Crippen molar-refractivity contribution in [3.05, 3.63) is 0 Å². The number of nitrogens with one attached hydrogen (secondary N) is 2. The van der Waals surface area contributed by atoms with Crippen LogP contribution in [0.3, 0.4) is 0 Å². The molecule has 0 aliphatic rings. The molecule has 0 aliphatic carbocycles. The second kappa shape index (κ2) is 6.75. The number of hydrogen-bond acceptors (Lipinski definition) is 5. The second-order valence-corrected chi connectivity index (χ2v) is 3.08. The van der Waals surface area contributed by atoms with Crippen molar-refractivity contribution in [3.8, 4) is 0 Å². The van der Waals surface area contributed by atoms with Gasteiger partial charge in [0.05, 0.1) is 13.2 Å². The molecule has 2 atom stereocenters. The van der Waals surface area contributed by atoms with E-state index in [1.807, 2.05) is 0 Å². The van der Waals surface area contributed by atoms with E-state index in [1.54, 1.807) is 0 Å². The van der Waals surface area contributed by atoms with Gasteiger partial charge in [-0.2, -0.15) is 0 Å². The van der Waals surface area contributed by atoms with E-state index >= 15 is 0 Å². The van der Waals surface area contributed by atoms with E-state index < -0.39 is 36.5 Å². The van der Waals surface area contributed by atoms with Crippen LogP contribution in [0.4, 0.5) is 0 Å². The summed E-state index contributed by atoms with van der Waals surface area (Å²) in [5.74, 6) is -2.61. The lowest BCUT2D eigenvalue weighted by Crippen LogP contribution is -2.53. The van der Waals surface area contributed by atoms with Crippen LogP contribution in [-0.2, 0) is 14.4 Å². The van der Waals surface area contributed by atoms with Gasteiger partial charge in [-0.3, -0.25) is 14.4 Å². The topological polar surface area (TPSA) is 142 Å². The lowest BCUT2D eigenvalue weighted by atomic mass is 10.2. The molecular formula is C8H15N3O5. The van der Waals surface area contributed by atoms with Crippen molar-refractivity contribution >= 4 is 17.8 Å². The van der Waals surface area contributed by atoms with Gasteiger partial charge in [-0.1, -0.05) is 0 Å². The van der Waals surface area contributed by atoms with Gasteiger partial charge in [0.2, 0.25) is 11.8 Å². The molecule has 0 fully saturated rings. The number of aliphatic hydroxyl groups excluding tert-OH is 1. The molecule has 0 saturated heterocycles. The van der Waals surface area contributed by atoms with E-state index in [4.69, 9.17) is 15.9 Å². The van der Waals surface area contributed by atoms with Gasteiger partial charge in [-0.05, 0) is 6.92 Å². The summed E-state index contributed by atoms with van der Waals surface area (Å²) >= 11 is 0. The minimum atomic E-state index is -1.21. The molecule has 0 aromatic heterocycles. The Morgan fingerprint density at radius 3 is 2.25 bits per heavy atom. The summed E-state index contributed by atoms with van der Waals surface area (Å²) in [5.41, 5.74) is 5.01. The number of carbonyl (C=O) groups is 3. The first-order chi connectivity index (χ1) is 7.42. The number of rotatable bonds is 6. The average molecular weight is 233 g/mol. The standard InChI is InChI=1S/C8H15N3O5/c1-4(8(15)16)10-7(14)5(3-12)11-6(13)2-9/h4-5,12H,2-3,9H2,1H3,(H,10,14)(H,11,13)(H,15,16)/t4-,5-/m1/s1. The molecule has 92 valence electrons. The van der Waals surface area contributed by atoms with Crippen molar-refractivity contribution in [1.82, 2.24) is 10.6 Å². The van der Waals surface area contributed by atoms with Crippen LogP contribution in [0.2, 0.25) is 0 Å². The third-order valence-corrected chi connectivity index (χ3v) is 1.75. The molecule has 0 heterocycles. The van der Waals surface area contributed by atoms with E-state index in [9.17, 15) is 14.4 Å². The molecular weight excluding hydrogens is 218 g/mol. The molecule has 0 aliphatic heterocycles. The molecule has 6 N–H and O–H groups in total. The van der Waals surface area contributed by atoms with Crippen molar-refractivity contribution in [2.75, 3.05) is 13.2 Å². The Morgan fingerprint density at radius 2 is 1.88 bits per heavy atom. The molecule has 16 heavy (non-hydrogen) atoms. The highest BCUT2D eigenvalue weighted by Crippen LogP contribution is 1.87. The molecule has 8 nitrogen and oxygen atoms in total. The third-order valence-electron chi connectivity index (χ3n) is 1.75. The Bertz CT molecular complexity index is 281. The summed E-state index contributed by atoms with van der Waals surface area (Å²) < 4.78 is 0. The lowest BCUT2D eigenvalue weighted by Gasteiger charge is -2.17. The van der Waals surface area contributed by atoms with Crippen LogP contribution in [0.5, 0.6) is 0 Å². The average Bonchev–Trinajstić information content (AvgIpc) is 2.24. The third kappa shape index (κ3) is 4.71. The van der Waals surface area contributed by atoms with Crippen molar-refractivity contribution in [2.45, 2.75) is 19.0 Å². The first-order valence-electron chi connectivity index (χ1n) is 4.55. The number of hydrogen-bond donors (Lipinski definition) is 5. The van der Waals surface area contributed by atoms with Gasteiger partial charge in [0.15, 0.2) is 0 Å². The molecule has 0 saturated carbocycles. The number of carboxylic acids is 1. The monoisotopic (exact) mass is 233 g/mol. The van der Waals surface area contributed by atoms with Crippen molar-refractivity contribution in [1.29, 1.82) is 0 Å². The Hall–Kier alpha value is -1.67. The van der Waals surface area contributed by atoms with E-state index in [1.165, 1.54) is 6.92 Å². The largest absolute Gasteiger partial charge is 0.480 e. The Morgan fingerprint density at radius 1 is 1.31 bits per heavy atom. The van der Waals surface area contributed by atoms with Gasteiger partial charge in [0.1, 0.15) is 12.1 Å². The zero-order chi connectivity index (χ0) is 12.7. The van der Waals surface area contributed by atoms with E-state index in [-0.39, 0.29) is 6.54 Å². The number of carbonyl (C=O) groups excluding carboxylic acids is 2. The summed E-state index contributed by atoms with van der Waals surface area (Å²) in [6.45, 7) is 0.307. The quantitative estimate of drug-likeness (QED) is 0.331. The van der Waals surface area contributed by atoms with Crippen LogP contribution in [-0.4, -0.2) is 53.2 Å². The maximum absolute atomic E-state index is 11.4. The van der Waals surface area contributed by atoms with Crippen molar-refractivity contribution < 1.29 is 24.6 Å². The van der Waals surface area contributed by atoms with Crippen molar-refractivity contribution in [3.63, 3.8) is 0 Å². The number of carboxylic acid groups (broad SMARTS) is 1. The molecule has 0 rings (SSSR count). The normalized spacial score (nSPS) is 13.7. The van der Waals surface area contributed by atoms with Gasteiger partial charge in [0.25, 0.3) is 0 Å². The number of nitrogens with two attached hydrogens (primary N) is 1. The fourth-order valence-electron chi connectivity index (χ4n) is 0.823. The maximum atomic E-state index is 11.4.